The van der Waals surface area contributed by atoms with E-state index >= 15 is 0 Å². The fourth-order valence-corrected chi connectivity index (χ4v) is 1.73. The Morgan fingerprint density at radius 2 is 2.11 bits per heavy atom. The summed E-state index contributed by atoms with van der Waals surface area (Å²) >= 11 is 0. The Morgan fingerprint density at radius 3 is 2.79 bits per heavy atom. The van der Waals surface area contributed by atoms with Crippen molar-refractivity contribution in [1.29, 1.82) is 0 Å². The zero-order chi connectivity index (χ0) is 14.1. The van der Waals surface area contributed by atoms with E-state index in [1.54, 1.807) is 19.1 Å². The SMILES string of the molecule is CCCCOc1cccc(O)c1CCC(=O)OCC. The summed E-state index contributed by atoms with van der Waals surface area (Å²) in [7, 11) is 0. The van der Waals surface area contributed by atoms with Gasteiger partial charge >= 0.3 is 5.97 Å². The van der Waals surface area contributed by atoms with Crippen LogP contribution in [0.5, 0.6) is 11.5 Å². The van der Waals surface area contributed by atoms with E-state index in [-0.39, 0.29) is 18.1 Å². The molecule has 0 saturated carbocycles. The van der Waals surface area contributed by atoms with Crippen LogP contribution in [0.4, 0.5) is 0 Å². The molecule has 106 valence electrons. The van der Waals surface area contributed by atoms with Crippen LogP contribution in [0.3, 0.4) is 0 Å². The van der Waals surface area contributed by atoms with Gasteiger partial charge in [0.15, 0.2) is 0 Å². The van der Waals surface area contributed by atoms with Gasteiger partial charge in [-0.25, -0.2) is 0 Å². The predicted octanol–water partition coefficient (Wildman–Crippen LogP) is 3.07. The smallest absolute Gasteiger partial charge is 0.306 e. The van der Waals surface area contributed by atoms with Crippen LogP contribution in [0.1, 0.15) is 38.7 Å². The molecule has 1 rings (SSSR count). The lowest BCUT2D eigenvalue weighted by molar-refractivity contribution is -0.143. The summed E-state index contributed by atoms with van der Waals surface area (Å²) in [5, 5.41) is 9.86. The molecule has 0 amide bonds. The van der Waals surface area contributed by atoms with Crippen molar-refractivity contribution in [2.24, 2.45) is 0 Å². The molecule has 0 aliphatic rings. The second-order valence-corrected chi connectivity index (χ2v) is 4.26. The van der Waals surface area contributed by atoms with Gasteiger partial charge in [-0.2, -0.15) is 0 Å². The maximum absolute atomic E-state index is 11.4. The lowest BCUT2D eigenvalue weighted by atomic mass is 10.1. The first-order valence-corrected chi connectivity index (χ1v) is 6.78. The van der Waals surface area contributed by atoms with Crippen LogP contribution < -0.4 is 4.74 Å². The van der Waals surface area contributed by atoms with Gasteiger partial charge in [-0.05, 0) is 31.9 Å². The van der Waals surface area contributed by atoms with E-state index in [2.05, 4.69) is 6.92 Å². The first-order valence-electron chi connectivity index (χ1n) is 6.78. The molecule has 1 aromatic carbocycles. The molecule has 0 fully saturated rings. The number of phenols is 1. The summed E-state index contributed by atoms with van der Waals surface area (Å²) in [4.78, 5) is 11.4. The minimum Gasteiger partial charge on any atom is -0.508 e. The Labute approximate surface area is 114 Å². The zero-order valence-corrected chi connectivity index (χ0v) is 11.6. The third-order valence-corrected chi connectivity index (χ3v) is 2.75. The second-order valence-electron chi connectivity index (χ2n) is 4.26. The number of rotatable bonds is 8. The quantitative estimate of drug-likeness (QED) is 0.580. The van der Waals surface area contributed by atoms with Gasteiger partial charge in [-0.3, -0.25) is 4.79 Å². The molecule has 0 aliphatic carbocycles. The molecule has 0 atom stereocenters. The maximum Gasteiger partial charge on any atom is 0.306 e. The maximum atomic E-state index is 11.4. The fourth-order valence-electron chi connectivity index (χ4n) is 1.73. The van der Waals surface area contributed by atoms with Gasteiger partial charge in [0.05, 0.1) is 13.2 Å². The van der Waals surface area contributed by atoms with Crippen LogP contribution in [0.2, 0.25) is 0 Å². The Balaban J connectivity index is 2.66. The molecule has 4 nitrogen and oxygen atoms in total. The third-order valence-electron chi connectivity index (χ3n) is 2.75. The number of carbonyl (C=O) groups is 1. The summed E-state index contributed by atoms with van der Waals surface area (Å²) in [5.41, 5.74) is 0.673. The van der Waals surface area contributed by atoms with Crippen LogP contribution in [-0.2, 0) is 16.0 Å². The number of phenolic OH excluding ortho intramolecular Hbond substituents is 1. The Morgan fingerprint density at radius 1 is 1.32 bits per heavy atom. The number of esters is 1. The molecule has 0 heterocycles. The molecular weight excluding hydrogens is 244 g/mol. The zero-order valence-electron chi connectivity index (χ0n) is 11.6. The minimum absolute atomic E-state index is 0.165. The number of benzene rings is 1. The monoisotopic (exact) mass is 266 g/mol. The van der Waals surface area contributed by atoms with E-state index < -0.39 is 0 Å². The van der Waals surface area contributed by atoms with Crippen LogP contribution in [0.15, 0.2) is 18.2 Å². The summed E-state index contributed by atoms with van der Waals surface area (Å²) in [6, 6.07) is 5.16. The van der Waals surface area contributed by atoms with E-state index in [0.29, 0.717) is 30.9 Å². The Hall–Kier alpha value is -1.71. The molecule has 19 heavy (non-hydrogen) atoms. The summed E-state index contributed by atoms with van der Waals surface area (Å²) in [6.45, 7) is 4.86. The molecular formula is C15H22O4. The molecule has 0 saturated heterocycles. The number of hydrogen-bond acceptors (Lipinski definition) is 4. The molecule has 0 aromatic heterocycles. The van der Waals surface area contributed by atoms with Gasteiger partial charge < -0.3 is 14.6 Å². The highest BCUT2D eigenvalue weighted by atomic mass is 16.5. The number of ether oxygens (including phenoxy) is 2. The largest absolute Gasteiger partial charge is 0.508 e. The van der Waals surface area contributed by atoms with E-state index in [1.165, 1.54) is 0 Å². The lowest BCUT2D eigenvalue weighted by Gasteiger charge is -2.12. The molecule has 1 aromatic rings. The summed E-state index contributed by atoms with van der Waals surface area (Å²) in [6.07, 6.45) is 2.69. The molecule has 0 bridgehead atoms. The van der Waals surface area contributed by atoms with E-state index in [9.17, 15) is 9.90 Å². The van der Waals surface area contributed by atoms with Crippen LogP contribution in [0.25, 0.3) is 0 Å². The molecule has 0 aliphatic heterocycles. The van der Waals surface area contributed by atoms with Crippen molar-refractivity contribution in [3.8, 4) is 11.5 Å². The second kappa shape index (κ2) is 8.40. The van der Waals surface area contributed by atoms with Crippen LogP contribution in [0, 0.1) is 0 Å². The fraction of sp³-hybridized carbons (Fsp3) is 0.533. The standard InChI is InChI=1S/C15H22O4/c1-3-5-11-19-14-8-6-7-13(16)12(14)9-10-15(17)18-4-2/h6-8,16H,3-5,9-11H2,1-2H3. The summed E-state index contributed by atoms with van der Waals surface area (Å²) < 4.78 is 10.5. The number of aromatic hydroxyl groups is 1. The Bertz CT molecular complexity index is 401. The van der Waals surface area contributed by atoms with Crippen molar-refractivity contribution in [3.63, 3.8) is 0 Å². The average molecular weight is 266 g/mol. The molecule has 0 spiro atoms. The highest BCUT2D eigenvalue weighted by molar-refractivity contribution is 5.70. The number of hydrogen-bond donors (Lipinski definition) is 1. The van der Waals surface area contributed by atoms with Gasteiger partial charge in [0.1, 0.15) is 11.5 Å². The van der Waals surface area contributed by atoms with Crippen molar-refractivity contribution in [1.82, 2.24) is 0 Å². The highest BCUT2D eigenvalue weighted by Crippen LogP contribution is 2.29. The van der Waals surface area contributed by atoms with Crippen molar-refractivity contribution >= 4 is 5.97 Å². The lowest BCUT2D eigenvalue weighted by Crippen LogP contribution is -2.06. The number of carbonyl (C=O) groups excluding carboxylic acids is 1. The first-order chi connectivity index (χ1) is 9.19. The van der Waals surface area contributed by atoms with Crippen molar-refractivity contribution in [3.05, 3.63) is 23.8 Å². The average Bonchev–Trinajstić information content (AvgIpc) is 2.38. The predicted molar refractivity (Wildman–Crippen MR) is 73.5 cm³/mol. The normalized spacial score (nSPS) is 10.2. The first kappa shape index (κ1) is 15.3. The van der Waals surface area contributed by atoms with Crippen molar-refractivity contribution in [2.75, 3.05) is 13.2 Å². The van der Waals surface area contributed by atoms with Crippen molar-refractivity contribution in [2.45, 2.75) is 39.5 Å². The molecule has 4 heteroatoms. The Kier molecular flexibility index (Phi) is 6.79. The molecule has 0 radical (unpaired) electrons. The summed E-state index contributed by atoms with van der Waals surface area (Å²) in [5.74, 6) is 0.557. The van der Waals surface area contributed by atoms with E-state index in [4.69, 9.17) is 9.47 Å². The minimum atomic E-state index is -0.259. The van der Waals surface area contributed by atoms with E-state index in [1.807, 2.05) is 6.07 Å². The van der Waals surface area contributed by atoms with Crippen LogP contribution in [-0.4, -0.2) is 24.3 Å². The van der Waals surface area contributed by atoms with Gasteiger partial charge in [-0.15, -0.1) is 0 Å². The molecule has 0 unspecified atom stereocenters. The van der Waals surface area contributed by atoms with Gasteiger partial charge in [0.2, 0.25) is 0 Å². The molecule has 1 N–H and O–H groups in total. The highest BCUT2D eigenvalue weighted by Gasteiger charge is 2.11. The number of unbranched alkanes of at least 4 members (excludes halogenated alkanes) is 1. The van der Waals surface area contributed by atoms with Crippen molar-refractivity contribution < 1.29 is 19.4 Å². The van der Waals surface area contributed by atoms with Gasteiger partial charge in [-0.1, -0.05) is 19.4 Å². The van der Waals surface area contributed by atoms with E-state index in [0.717, 1.165) is 12.8 Å². The van der Waals surface area contributed by atoms with Crippen LogP contribution >= 0.6 is 0 Å². The van der Waals surface area contributed by atoms with Gasteiger partial charge in [0, 0.05) is 12.0 Å². The topological polar surface area (TPSA) is 55.8 Å². The van der Waals surface area contributed by atoms with Gasteiger partial charge in [0.25, 0.3) is 0 Å². The third kappa shape index (κ3) is 5.20.